The molecular weight excluding hydrogens is 313 g/mol. The van der Waals surface area contributed by atoms with Crippen molar-refractivity contribution in [3.8, 4) is 0 Å². The number of halogens is 3. The van der Waals surface area contributed by atoms with Crippen molar-refractivity contribution >= 4 is 40.5 Å². The number of benzene rings is 2. The number of hydrogen-bond donors (Lipinski definition) is 0. The van der Waals surface area contributed by atoms with Gasteiger partial charge in [-0.3, -0.25) is 0 Å². The Labute approximate surface area is 135 Å². The third-order valence-corrected chi connectivity index (χ3v) is 4.27. The minimum atomic E-state index is 0.218. The van der Waals surface area contributed by atoms with Gasteiger partial charge in [-0.1, -0.05) is 35.3 Å². The summed E-state index contributed by atoms with van der Waals surface area (Å²) >= 11 is 18.0. The lowest BCUT2D eigenvalue weighted by Gasteiger charge is -2.29. The number of hydrogen-bond acceptors (Lipinski definition) is 1. The molecule has 2 aromatic rings. The molecule has 0 N–H and O–H groups in total. The molecule has 2 rings (SSSR count). The molecule has 0 saturated heterocycles. The fraction of sp³-hybridized carbons (Fsp3) is 0.250. The molecule has 1 unspecified atom stereocenters. The highest BCUT2D eigenvalue weighted by Crippen LogP contribution is 2.31. The van der Waals surface area contributed by atoms with E-state index in [9.17, 15) is 0 Å². The van der Waals surface area contributed by atoms with Crippen molar-refractivity contribution in [3.05, 3.63) is 63.6 Å². The van der Waals surface area contributed by atoms with Crippen LogP contribution in [0.3, 0.4) is 0 Å². The van der Waals surface area contributed by atoms with Crippen LogP contribution in [0, 0.1) is 0 Å². The van der Waals surface area contributed by atoms with Gasteiger partial charge < -0.3 is 4.90 Å². The monoisotopic (exact) mass is 327 g/mol. The number of rotatable bonds is 4. The predicted molar refractivity (Wildman–Crippen MR) is 89.3 cm³/mol. The standard InChI is InChI=1S/C16H16Cl3N/c1-11(12-3-5-14(18)6-4-12)20(2)16-8-7-15(19)9-13(16)10-17/h3-9,11H,10H2,1-2H3. The van der Waals surface area contributed by atoms with Gasteiger partial charge in [0.2, 0.25) is 0 Å². The quantitative estimate of drug-likeness (QED) is 0.629. The van der Waals surface area contributed by atoms with E-state index in [1.54, 1.807) is 0 Å². The maximum atomic E-state index is 6.02. The van der Waals surface area contributed by atoms with Gasteiger partial charge in [0.1, 0.15) is 0 Å². The van der Waals surface area contributed by atoms with Crippen molar-refractivity contribution in [3.63, 3.8) is 0 Å². The molecule has 0 heterocycles. The zero-order valence-corrected chi connectivity index (χ0v) is 13.7. The van der Waals surface area contributed by atoms with Gasteiger partial charge in [0.15, 0.2) is 0 Å². The second-order valence-corrected chi connectivity index (χ2v) is 5.89. The predicted octanol–water partition coefficient (Wildman–Crippen LogP) is 5.93. The van der Waals surface area contributed by atoms with Crippen molar-refractivity contribution in [2.75, 3.05) is 11.9 Å². The number of alkyl halides is 1. The second kappa shape index (κ2) is 6.71. The molecule has 0 fully saturated rings. The first-order valence-corrected chi connectivity index (χ1v) is 7.64. The Morgan fingerprint density at radius 3 is 2.20 bits per heavy atom. The Hall–Kier alpha value is -0.890. The van der Waals surface area contributed by atoms with Crippen LogP contribution in [0.4, 0.5) is 5.69 Å². The number of nitrogens with zero attached hydrogens (tertiary/aromatic N) is 1. The van der Waals surface area contributed by atoms with E-state index in [0.29, 0.717) is 10.9 Å². The van der Waals surface area contributed by atoms with Crippen LogP contribution >= 0.6 is 34.8 Å². The highest BCUT2D eigenvalue weighted by molar-refractivity contribution is 6.31. The smallest absolute Gasteiger partial charge is 0.0511 e. The molecule has 0 radical (unpaired) electrons. The van der Waals surface area contributed by atoms with E-state index >= 15 is 0 Å². The highest BCUT2D eigenvalue weighted by atomic mass is 35.5. The lowest BCUT2D eigenvalue weighted by Crippen LogP contribution is -2.22. The fourth-order valence-corrected chi connectivity index (χ4v) is 2.71. The second-order valence-electron chi connectivity index (χ2n) is 4.75. The molecule has 0 aliphatic heterocycles. The SMILES string of the molecule is CC(c1ccc(Cl)cc1)N(C)c1ccc(Cl)cc1CCl. The van der Waals surface area contributed by atoms with E-state index in [2.05, 4.69) is 18.9 Å². The van der Waals surface area contributed by atoms with Crippen LogP contribution in [0.15, 0.2) is 42.5 Å². The van der Waals surface area contributed by atoms with Crippen LogP contribution in [-0.2, 0) is 5.88 Å². The highest BCUT2D eigenvalue weighted by Gasteiger charge is 2.15. The molecule has 0 amide bonds. The molecule has 1 nitrogen and oxygen atoms in total. The van der Waals surface area contributed by atoms with Crippen LogP contribution in [0.2, 0.25) is 10.0 Å². The fourth-order valence-electron chi connectivity index (χ4n) is 2.18. The summed E-state index contributed by atoms with van der Waals surface area (Å²) in [7, 11) is 2.05. The Morgan fingerprint density at radius 2 is 1.60 bits per heavy atom. The van der Waals surface area contributed by atoms with Gasteiger partial charge in [0, 0.05) is 28.7 Å². The van der Waals surface area contributed by atoms with E-state index in [1.165, 1.54) is 5.56 Å². The first-order valence-electron chi connectivity index (χ1n) is 6.35. The summed E-state index contributed by atoms with van der Waals surface area (Å²) in [6, 6.07) is 13.9. The molecule has 4 heteroatoms. The third kappa shape index (κ3) is 3.41. The van der Waals surface area contributed by atoms with E-state index < -0.39 is 0 Å². The van der Waals surface area contributed by atoms with Crippen molar-refractivity contribution in [2.24, 2.45) is 0 Å². The summed E-state index contributed by atoms with van der Waals surface area (Å²) in [4.78, 5) is 2.19. The first kappa shape index (κ1) is 15.5. The average Bonchev–Trinajstić information content (AvgIpc) is 2.46. The van der Waals surface area contributed by atoms with Crippen molar-refractivity contribution in [2.45, 2.75) is 18.8 Å². The summed E-state index contributed by atoms with van der Waals surface area (Å²) in [5, 5.41) is 1.45. The van der Waals surface area contributed by atoms with Gasteiger partial charge >= 0.3 is 0 Å². The Bertz CT molecular complexity index is 581. The number of anilines is 1. The molecule has 20 heavy (non-hydrogen) atoms. The van der Waals surface area contributed by atoms with Crippen molar-refractivity contribution < 1.29 is 0 Å². The normalized spacial score (nSPS) is 12.2. The molecule has 0 bridgehead atoms. The molecule has 2 aromatic carbocycles. The van der Waals surface area contributed by atoms with Gasteiger partial charge in [-0.25, -0.2) is 0 Å². The minimum absolute atomic E-state index is 0.218. The third-order valence-electron chi connectivity index (χ3n) is 3.50. The van der Waals surface area contributed by atoms with E-state index in [-0.39, 0.29) is 6.04 Å². The Morgan fingerprint density at radius 1 is 1.00 bits per heavy atom. The molecule has 0 aromatic heterocycles. The van der Waals surface area contributed by atoms with Gasteiger partial charge in [0.05, 0.1) is 6.04 Å². The molecule has 0 saturated carbocycles. The average molecular weight is 329 g/mol. The topological polar surface area (TPSA) is 3.24 Å². The molecule has 106 valence electrons. The van der Waals surface area contributed by atoms with Crippen molar-refractivity contribution in [1.82, 2.24) is 0 Å². The molecule has 0 aliphatic carbocycles. The Kier molecular flexibility index (Phi) is 5.20. The van der Waals surface area contributed by atoms with Gasteiger partial charge in [-0.2, -0.15) is 0 Å². The maximum Gasteiger partial charge on any atom is 0.0511 e. The van der Waals surface area contributed by atoms with Crippen LogP contribution in [0.5, 0.6) is 0 Å². The summed E-state index contributed by atoms with van der Waals surface area (Å²) in [5.74, 6) is 0.438. The van der Waals surface area contributed by atoms with E-state index in [1.807, 2.05) is 42.5 Å². The van der Waals surface area contributed by atoms with Gasteiger partial charge in [0.25, 0.3) is 0 Å². The van der Waals surface area contributed by atoms with Crippen molar-refractivity contribution in [1.29, 1.82) is 0 Å². The molecular formula is C16H16Cl3N. The maximum absolute atomic E-state index is 6.02. The van der Waals surface area contributed by atoms with Crippen LogP contribution in [0.1, 0.15) is 24.1 Å². The zero-order valence-electron chi connectivity index (χ0n) is 11.4. The lowest BCUT2D eigenvalue weighted by molar-refractivity contribution is 0.737. The minimum Gasteiger partial charge on any atom is -0.368 e. The summed E-state index contributed by atoms with van der Waals surface area (Å²) in [5.41, 5.74) is 3.32. The van der Waals surface area contributed by atoms with Crippen LogP contribution in [0.25, 0.3) is 0 Å². The largest absolute Gasteiger partial charge is 0.368 e. The molecule has 1 atom stereocenters. The molecule has 0 aliphatic rings. The zero-order chi connectivity index (χ0) is 14.7. The Balaban J connectivity index is 2.30. The first-order chi connectivity index (χ1) is 9.52. The summed E-state index contributed by atoms with van der Waals surface area (Å²) in [6.07, 6.45) is 0. The van der Waals surface area contributed by atoms with E-state index in [0.717, 1.165) is 16.3 Å². The molecule has 0 spiro atoms. The van der Waals surface area contributed by atoms with E-state index in [4.69, 9.17) is 34.8 Å². The van der Waals surface area contributed by atoms with Crippen LogP contribution in [-0.4, -0.2) is 7.05 Å². The van der Waals surface area contributed by atoms with Gasteiger partial charge in [-0.15, -0.1) is 11.6 Å². The van der Waals surface area contributed by atoms with Crippen LogP contribution < -0.4 is 4.90 Å². The summed E-state index contributed by atoms with van der Waals surface area (Å²) in [6.45, 7) is 2.15. The summed E-state index contributed by atoms with van der Waals surface area (Å²) < 4.78 is 0. The van der Waals surface area contributed by atoms with Gasteiger partial charge in [-0.05, 0) is 48.4 Å². The lowest BCUT2D eigenvalue weighted by atomic mass is 10.1.